The molecule has 0 aliphatic carbocycles. The third-order valence-electron chi connectivity index (χ3n) is 3.82. The number of hydrogen-bond acceptors (Lipinski definition) is 2. The van der Waals surface area contributed by atoms with Gasteiger partial charge in [0, 0.05) is 12.4 Å². The van der Waals surface area contributed by atoms with Crippen LogP contribution >= 0.6 is 9.58 Å². The summed E-state index contributed by atoms with van der Waals surface area (Å²) in [4.78, 5) is 8.49. The van der Waals surface area contributed by atoms with Crippen LogP contribution in [0.25, 0.3) is 22.5 Å². The molecule has 4 aromatic rings. The van der Waals surface area contributed by atoms with Crippen LogP contribution < -0.4 is 0 Å². The molecule has 0 aliphatic heterocycles. The predicted octanol–water partition coefficient (Wildman–Crippen LogP) is 6.40. The van der Waals surface area contributed by atoms with Gasteiger partial charge >= 0.3 is 27.5 Å². The molecule has 2 aromatic heterocycles. The quantitative estimate of drug-likeness (QED) is 0.264. The van der Waals surface area contributed by atoms with Crippen LogP contribution in [0, 0.1) is 26.0 Å². The number of rotatable bonds is 2. The SMILES string of the molecule is Cc1c[c-]c(-c2ccccn2)cc1.Cc1c[c-]c(-c2ccccn2)cc1.[Cl][Ir+2]. The summed E-state index contributed by atoms with van der Waals surface area (Å²) in [5.74, 6) is 0. The van der Waals surface area contributed by atoms with E-state index >= 15 is 0 Å². The summed E-state index contributed by atoms with van der Waals surface area (Å²) in [5, 5.41) is 0. The van der Waals surface area contributed by atoms with E-state index in [0.717, 1.165) is 22.5 Å². The van der Waals surface area contributed by atoms with E-state index in [9.17, 15) is 0 Å². The second kappa shape index (κ2) is 12.2. The summed E-state index contributed by atoms with van der Waals surface area (Å²) in [6.07, 6.45) is 3.59. The van der Waals surface area contributed by atoms with Gasteiger partial charge in [-0.25, -0.2) is 0 Å². The molecule has 0 spiro atoms. The van der Waals surface area contributed by atoms with Gasteiger partial charge in [-0.1, -0.05) is 38.1 Å². The van der Waals surface area contributed by atoms with Gasteiger partial charge in [0.1, 0.15) is 0 Å². The first-order valence-electron chi connectivity index (χ1n) is 8.64. The van der Waals surface area contributed by atoms with E-state index in [4.69, 9.17) is 0 Å². The molecular weight excluding hydrogens is 544 g/mol. The van der Waals surface area contributed by atoms with Crippen LogP contribution in [0.1, 0.15) is 11.1 Å². The second-order valence-corrected chi connectivity index (χ2v) is 5.99. The Morgan fingerprint density at radius 3 is 1.36 bits per heavy atom. The molecule has 0 radical (unpaired) electrons. The van der Waals surface area contributed by atoms with Crippen molar-refractivity contribution in [1.29, 1.82) is 0 Å². The minimum atomic E-state index is 0.975. The molecule has 4 rings (SSSR count). The maximum absolute atomic E-state index is 4.64. The summed E-state index contributed by atoms with van der Waals surface area (Å²) in [6.45, 7) is 4.11. The van der Waals surface area contributed by atoms with Gasteiger partial charge < -0.3 is 9.97 Å². The molecule has 0 bridgehead atoms. The van der Waals surface area contributed by atoms with Crippen molar-refractivity contribution in [2.45, 2.75) is 13.8 Å². The van der Waals surface area contributed by atoms with E-state index in [0.29, 0.717) is 0 Å². The van der Waals surface area contributed by atoms with Gasteiger partial charge in [0.2, 0.25) is 0 Å². The Bertz CT molecular complexity index is 845. The fourth-order valence-electron chi connectivity index (χ4n) is 2.37. The van der Waals surface area contributed by atoms with Crippen LogP contribution in [0.5, 0.6) is 0 Å². The minimum absolute atomic E-state index is 0.975. The fourth-order valence-corrected chi connectivity index (χ4v) is 2.37. The first kappa shape index (κ1) is 22.0. The molecule has 0 aliphatic rings. The van der Waals surface area contributed by atoms with Crippen molar-refractivity contribution in [1.82, 2.24) is 9.97 Å². The third kappa shape index (κ3) is 7.01. The fraction of sp³-hybridized carbons (Fsp3) is 0.0833. The Hall–Kier alpha value is -2.32. The number of hydrogen-bond donors (Lipinski definition) is 0. The predicted molar refractivity (Wildman–Crippen MR) is 112 cm³/mol. The average molecular weight is 564 g/mol. The Morgan fingerprint density at radius 2 is 1.07 bits per heavy atom. The average Bonchev–Trinajstić information content (AvgIpc) is 2.78. The van der Waals surface area contributed by atoms with Gasteiger partial charge in [-0.2, -0.15) is 0 Å². The number of nitrogens with zero attached hydrogens (tertiary/aromatic N) is 2. The van der Waals surface area contributed by atoms with Crippen LogP contribution in [0.15, 0.2) is 85.2 Å². The van der Waals surface area contributed by atoms with E-state index < -0.39 is 0 Å². The zero-order valence-corrected chi connectivity index (χ0v) is 18.8. The molecule has 0 unspecified atom stereocenters. The molecule has 2 nitrogen and oxygen atoms in total. The summed E-state index contributed by atoms with van der Waals surface area (Å²) < 4.78 is 0. The van der Waals surface area contributed by atoms with Crippen molar-refractivity contribution < 1.29 is 17.9 Å². The van der Waals surface area contributed by atoms with Gasteiger partial charge in [0.05, 0.1) is 0 Å². The maximum atomic E-state index is 4.64. The number of halogens is 1. The monoisotopic (exact) mass is 564 g/mol. The Balaban J connectivity index is 0.000000184. The number of benzene rings is 2. The van der Waals surface area contributed by atoms with E-state index in [-0.39, 0.29) is 0 Å². The van der Waals surface area contributed by atoms with Gasteiger partial charge in [-0.05, 0) is 23.5 Å². The van der Waals surface area contributed by atoms with Crippen LogP contribution in [0.3, 0.4) is 0 Å². The number of pyridine rings is 2. The summed E-state index contributed by atoms with van der Waals surface area (Å²) in [5.41, 5.74) is 6.49. The Morgan fingerprint density at radius 1 is 0.643 bits per heavy atom. The first-order chi connectivity index (χ1) is 13.7. The van der Waals surface area contributed by atoms with Crippen molar-refractivity contribution in [3.63, 3.8) is 0 Å². The van der Waals surface area contributed by atoms with Crippen molar-refractivity contribution in [3.8, 4) is 22.5 Å². The summed E-state index contributed by atoms with van der Waals surface area (Å²) in [7, 11) is 4.64. The molecule has 0 amide bonds. The third-order valence-corrected chi connectivity index (χ3v) is 3.82. The molecule has 0 saturated heterocycles. The van der Waals surface area contributed by atoms with Crippen molar-refractivity contribution in [3.05, 3.63) is 108 Å². The first-order valence-corrected chi connectivity index (χ1v) is 11.6. The normalized spacial score (nSPS) is 9.43. The number of aryl methyl sites for hydroxylation is 2. The van der Waals surface area contributed by atoms with Crippen LogP contribution in [-0.2, 0) is 17.9 Å². The summed E-state index contributed by atoms with van der Waals surface area (Å²) >= 11 is 1.47. The van der Waals surface area contributed by atoms with Crippen LogP contribution in [0.4, 0.5) is 0 Å². The zero-order valence-electron chi connectivity index (χ0n) is 15.7. The van der Waals surface area contributed by atoms with E-state index in [2.05, 4.69) is 57.7 Å². The van der Waals surface area contributed by atoms with Gasteiger partial charge in [-0.3, -0.25) is 0 Å². The molecule has 0 N–H and O–H groups in total. The zero-order chi connectivity index (χ0) is 20.2. The topological polar surface area (TPSA) is 25.8 Å². The molecule has 0 saturated carbocycles. The molecule has 142 valence electrons. The van der Waals surface area contributed by atoms with Crippen LogP contribution in [-0.4, -0.2) is 9.97 Å². The molecular formula is C24H20ClIrN2. The van der Waals surface area contributed by atoms with Gasteiger partial charge in [0.15, 0.2) is 0 Å². The van der Waals surface area contributed by atoms with Gasteiger partial charge in [-0.15, -0.1) is 70.8 Å². The standard InChI is InChI=1S/2C12H10N.ClH.Ir/c2*1-10-5-7-11(8-6-10)12-4-2-3-9-13-12;;/h2*2-7,9H,1H3;1H;/q2*-1;;+3/p-1. The molecule has 2 aromatic carbocycles. The van der Waals surface area contributed by atoms with E-state index in [1.54, 1.807) is 12.4 Å². The van der Waals surface area contributed by atoms with Gasteiger partial charge in [0.25, 0.3) is 0 Å². The van der Waals surface area contributed by atoms with Crippen molar-refractivity contribution in [2.75, 3.05) is 0 Å². The van der Waals surface area contributed by atoms with E-state index in [1.165, 1.54) is 29.0 Å². The van der Waals surface area contributed by atoms with E-state index in [1.807, 2.05) is 60.7 Å². The Labute approximate surface area is 181 Å². The molecule has 0 atom stereocenters. The molecule has 2 heterocycles. The molecule has 0 fully saturated rings. The van der Waals surface area contributed by atoms with Crippen molar-refractivity contribution in [2.24, 2.45) is 0 Å². The Kier molecular flexibility index (Phi) is 9.57. The molecule has 4 heteroatoms. The second-order valence-electron chi connectivity index (χ2n) is 5.99. The summed E-state index contributed by atoms with van der Waals surface area (Å²) in [6, 6.07) is 30.3. The molecule has 28 heavy (non-hydrogen) atoms. The number of aromatic nitrogens is 2. The van der Waals surface area contributed by atoms with Crippen LogP contribution in [0.2, 0.25) is 0 Å². The van der Waals surface area contributed by atoms with Crippen molar-refractivity contribution >= 4 is 9.58 Å².